The standard InChI is InChI=1S/C21H29N3O3Si/c1-14-23-20(27-24-14)13-25-17-8-7-15-9-16(19(11-22)18(15)10-17)12-26-28(5,6)21(2,3)4/h7-8,10,16,19H,9,12-13H2,1-6H3. The molecule has 1 heterocycles. The maximum atomic E-state index is 9.81. The van der Waals surface area contributed by atoms with Gasteiger partial charge in [0, 0.05) is 12.5 Å². The summed E-state index contributed by atoms with van der Waals surface area (Å²) < 4.78 is 17.3. The monoisotopic (exact) mass is 399 g/mol. The van der Waals surface area contributed by atoms with Gasteiger partial charge < -0.3 is 13.7 Å². The zero-order chi connectivity index (χ0) is 20.5. The van der Waals surface area contributed by atoms with Crippen molar-refractivity contribution in [2.24, 2.45) is 5.92 Å². The summed E-state index contributed by atoms with van der Waals surface area (Å²) in [5.74, 6) is 1.75. The van der Waals surface area contributed by atoms with Gasteiger partial charge >= 0.3 is 0 Å². The summed E-state index contributed by atoms with van der Waals surface area (Å²) in [6, 6.07) is 8.45. The molecule has 28 heavy (non-hydrogen) atoms. The quantitative estimate of drug-likeness (QED) is 0.652. The number of benzene rings is 1. The van der Waals surface area contributed by atoms with Crippen LogP contribution in [0.2, 0.25) is 18.1 Å². The van der Waals surface area contributed by atoms with E-state index in [1.807, 2.05) is 12.1 Å². The van der Waals surface area contributed by atoms with Gasteiger partial charge in [0.15, 0.2) is 20.7 Å². The van der Waals surface area contributed by atoms with E-state index < -0.39 is 8.32 Å². The fourth-order valence-corrected chi connectivity index (χ4v) is 4.26. The highest BCUT2D eigenvalue weighted by molar-refractivity contribution is 6.74. The molecule has 0 N–H and O–H groups in total. The maximum Gasteiger partial charge on any atom is 0.264 e. The lowest BCUT2D eigenvalue weighted by Crippen LogP contribution is -2.42. The molecule has 0 aliphatic heterocycles. The number of rotatable bonds is 6. The Balaban J connectivity index is 1.68. The Morgan fingerprint density at radius 2 is 2.07 bits per heavy atom. The third-order valence-corrected chi connectivity index (χ3v) is 10.4. The van der Waals surface area contributed by atoms with Crippen LogP contribution in [-0.2, 0) is 17.5 Å². The van der Waals surface area contributed by atoms with Crippen LogP contribution in [-0.4, -0.2) is 25.1 Å². The highest BCUT2D eigenvalue weighted by atomic mass is 28.4. The fourth-order valence-electron chi connectivity index (χ4n) is 3.20. The Morgan fingerprint density at radius 1 is 1.32 bits per heavy atom. The molecule has 0 radical (unpaired) electrons. The van der Waals surface area contributed by atoms with Gasteiger partial charge in [-0.2, -0.15) is 10.2 Å². The summed E-state index contributed by atoms with van der Waals surface area (Å²) in [5, 5.41) is 13.7. The van der Waals surface area contributed by atoms with E-state index in [1.54, 1.807) is 6.92 Å². The Bertz CT molecular complexity index is 880. The van der Waals surface area contributed by atoms with E-state index in [9.17, 15) is 5.26 Å². The first kappa shape index (κ1) is 20.6. The lowest BCUT2D eigenvalue weighted by atomic mass is 9.95. The highest BCUT2D eigenvalue weighted by Gasteiger charge is 2.40. The Morgan fingerprint density at radius 3 is 2.68 bits per heavy atom. The van der Waals surface area contributed by atoms with Crippen LogP contribution < -0.4 is 4.74 Å². The van der Waals surface area contributed by atoms with Crippen LogP contribution in [0.4, 0.5) is 0 Å². The van der Waals surface area contributed by atoms with E-state index in [1.165, 1.54) is 5.56 Å². The van der Waals surface area contributed by atoms with Crippen LogP contribution in [0, 0.1) is 24.2 Å². The molecule has 0 saturated heterocycles. The van der Waals surface area contributed by atoms with Crippen LogP contribution in [0.5, 0.6) is 5.75 Å². The lowest BCUT2D eigenvalue weighted by molar-refractivity contribution is 0.225. The van der Waals surface area contributed by atoms with Gasteiger partial charge in [0.2, 0.25) is 0 Å². The highest BCUT2D eigenvalue weighted by Crippen LogP contribution is 2.42. The molecule has 0 fully saturated rings. The van der Waals surface area contributed by atoms with Crippen LogP contribution in [0.15, 0.2) is 22.7 Å². The van der Waals surface area contributed by atoms with Gasteiger partial charge in [0.1, 0.15) is 5.75 Å². The summed E-state index contributed by atoms with van der Waals surface area (Å²) in [5.41, 5.74) is 2.25. The second kappa shape index (κ2) is 7.68. The molecule has 0 spiro atoms. The number of nitrogens with zero attached hydrogens (tertiary/aromatic N) is 3. The minimum absolute atomic E-state index is 0.161. The van der Waals surface area contributed by atoms with E-state index in [0.717, 1.165) is 12.0 Å². The molecule has 0 saturated carbocycles. The van der Waals surface area contributed by atoms with E-state index in [0.29, 0.717) is 24.1 Å². The predicted molar refractivity (Wildman–Crippen MR) is 109 cm³/mol. The average molecular weight is 400 g/mol. The van der Waals surface area contributed by atoms with Crippen LogP contribution in [0.3, 0.4) is 0 Å². The van der Waals surface area contributed by atoms with Gasteiger partial charge in [-0.1, -0.05) is 32.0 Å². The number of hydrogen-bond acceptors (Lipinski definition) is 6. The van der Waals surface area contributed by atoms with Gasteiger partial charge in [-0.25, -0.2) is 0 Å². The first-order valence-corrected chi connectivity index (χ1v) is 12.6. The van der Waals surface area contributed by atoms with Gasteiger partial charge in [-0.15, -0.1) is 0 Å². The molecule has 3 rings (SSSR count). The van der Waals surface area contributed by atoms with Gasteiger partial charge in [-0.05, 0) is 54.7 Å². The first-order chi connectivity index (χ1) is 13.1. The van der Waals surface area contributed by atoms with Crippen molar-refractivity contribution in [1.29, 1.82) is 5.26 Å². The largest absolute Gasteiger partial charge is 0.484 e. The first-order valence-electron chi connectivity index (χ1n) is 9.69. The third-order valence-electron chi connectivity index (χ3n) is 5.94. The summed E-state index contributed by atoms with van der Waals surface area (Å²) in [6.45, 7) is 13.8. The molecule has 1 aliphatic rings. The van der Waals surface area contributed by atoms with Crippen molar-refractivity contribution in [3.63, 3.8) is 0 Å². The lowest BCUT2D eigenvalue weighted by Gasteiger charge is -2.37. The molecule has 150 valence electrons. The SMILES string of the molecule is Cc1noc(COc2ccc3c(c2)C(C#N)C(CO[Si](C)(C)C(C)(C)C)C3)n1. The number of aryl methyl sites for hydroxylation is 1. The van der Waals surface area contributed by atoms with E-state index in [2.05, 4.69) is 56.1 Å². The molecule has 1 aliphatic carbocycles. The number of ether oxygens (including phenoxy) is 1. The fraction of sp³-hybridized carbons (Fsp3) is 0.571. The summed E-state index contributed by atoms with van der Waals surface area (Å²) >= 11 is 0. The number of fused-ring (bicyclic) bond motifs is 1. The normalized spacial score (nSPS) is 19.3. The Hall–Kier alpha value is -2.17. The number of aromatic nitrogens is 2. The van der Waals surface area contributed by atoms with Gasteiger partial charge in [0.05, 0.1) is 12.0 Å². The van der Waals surface area contributed by atoms with E-state index >= 15 is 0 Å². The van der Waals surface area contributed by atoms with Crippen molar-refractivity contribution in [2.45, 2.75) is 64.8 Å². The minimum atomic E-state index is -1.83. The topological polar surface area (TPSA) is 81.2 Å². The average Bonchev–Trinajstić information content (AvgIpc) is 3.19. The molecule has 0 bridgehead atoms. The van der Waals surface area contributed by atoms with E-state index in [4.69, 9.17) is 13.7 Å². The molecule has 2 aromatic rings. The molecule has 1 aromatic heterocycles. The summed E-state index contributed by atoms with van der Waals surface area (Å²) in [4.78, 5) is 4.14. The maximum absolute atomic E-state index is 9.81. The molecule has 7 heteroatoms. The zero-order valence-corrected chi connectivity index (χ0v) is 18.6. The second-order valence-corrected chi connectivity index (χ2v) is 13.8. The van der Waals surface area contributed by atoms with E-state index in [-0.39, 0.29) is 23.5 Å². The molecule has 1 aromatic carbocycles. The minimum Gasteiger partial charge on any atom is -0.484 e. The van der Waals surface area contributed by atoms with Crippen molar-refractivity contribution in [3.8, 4) is 11.8 Å². The van der Waals surface area contributed by atoms with Crippen LogP contribution in [0.1, 0.15) is 49.5 Å². The van der Waals surface area contributed by atoms with Crippen molar-refractivity contribution in [1.82, 2.24) is 10.1 Å². The smallest absolute Gasteiger partial charge is 0.264 e. The van der Waals surface area contributed by atoms with Gasteiger partial charge in [0.25, 0.3) is 5.89 Å². The molecular formula is C21H29N3O3Si. The van der Waals surface area contributed by atoms with Crippen LogP contribution >= 0.6 is 0 Å². The van der Waals surface area contributed by atoms with Gasteiger partial charge in [-0.3, -0.25) is 0 Å². The van der Waals surface area contributed by atoms with Crippen molar-refractivity contribution in [2.75, 3.05) is 6.61 Å². The van der Waals surface area contributed by atoms with Crippen molar-refractivity contribution < 1.29 is 13.7 Å². The zero-order valence-electron chi connectivity index (χ0n) is 17.6. The van der Waals surface area contributed by atoms with Crippen molar-refractivity contribution in [3.05, 3.63) is 41.0 Å². The van der Waals surface area contributed by atoms with Crippen LogP contribution in [0.25, 0.3) is 0 Å². The predicted octanol–water partition coefficient (Wildman–Crippen LogP) is 4.76. The second-order valence-electron chi connectivity index (χ2n) is 9.03. The molecule has 0 amide bonds. The third kappa shape index (κ3) is 4.29. The molecule has 2 unspecified atom stereocenters. The number of nitriles is 1. The molecular weight excluding hydrogens is 370 g/mol. The van der Waals surface area contributed by atoms with Crippen molar-refractivity contribution >= 4 is 8.32 Å². The molecule has 2 atom stereocenters. The Kier molecular flexibility index (Phi) is 5.64. The summed E-state index contributed by atoms with van der Waals surface area (Å²) in [6.07, 6.45) is 0.866. The molecule has 6 nitrogen and oxygen atoms in total. The summed E-state index contributed by atoms with van der Waals surface area (Å²) in [7, 11) is -1.83. The Labute approximate surface area is 168 Å². The number of hydrogen-bond donors (Lipinski definition) is 0.